The van der Waals surface area contributed by atoms with E-state index in [1.807, 2.05) is 39.0 Å². The largest absolute Gasteiger partial charge is 0.326 e. The zero-order valence-electron chi connectivity index (χ0n) is 20.4. The van der Waals surface area contributed by atoms with Crippen molar-refractivity contribution >= 4 is 21.6 Å². The third-order valence-electron chi connectivity index (χ3n) is 6.30. The fourth-order valence-electron chi connectivity index (χ4n) is 4.77. The quantitative estimate of drug-likeness (QED) is 0.562. The van der Waals surface area contributed by atoms with Crippen LogP contribution in [0.1, 0.15) is 35.2 Å². The van der Waals surface area contributed by atoms with Crippen molar-refractivity contribution in [2.45, 2.75) is 45.4 Å². The molecule has 184 valence electrons. The van der Waals surface area contributed by atoms with E-state index in [1.165, 1.54) is 10.4 Å². The second-order valence-corrected chi connectivity index (χ2v) is 11.1. The molecule has 1 aromatic heterocycles. The van der Waals surface area contributed by atoms with Gasteiger partial charge in [0.05, 0.1) is 4.90 Å². The van der Waals surface area contributed by atoms with E-state index in [2.05, 4.69) is 15.3 Å². The first-order valence-electron chi connectivity index (χ1n) is 11.6. The van der Waals surface area contributed by atoms with Crippen molar-refractivity contribution in [2.24, 2.45) is 5.92 Å². The molecule has 2 N–H and O–H groups in total. The molecule has 0 saturated carbocycles. The van der Waals surface area contributed by atoms with Gasteiger partial charge in [-0.25, -0.2) is 13.4 Å². The standard InChI is InChI=1S/C26H30N4O4S/c1-16-12-17(2)24(18(3)13-16)35(33,34)30-10-8-20(9-11-30)26(32)28-22-7-5-6-21(15-22)25-27-19(4)14-23(31)29-25/h5-7,12-15,20H,8-11H2,1-4H3,(H,28,32)(H,27,29,31). The molecule has 0 aliphatic carbocycles. The lowest BCUT2D eigenvalue weighted by molar-refractivity contribution is -0.120. The molecule has 1 saturated heterocycles. The minimum atomic E-state index is -3.63. The molecule has 4 rings (SSSR count). The molecule has 2 aromatic carbocycles. The minimum Gasteiger partial charge on any atom is -0.326 e. The molecule has 0 radical (unpaired) electrons. The summed E-state index contributed by atoms with van der Waals surface area (Å²) in [6.45, 7) is 7.93. The van der Waals surface area contributed by atoms with Crippen molar-refractivity contribution in [3.8, 4) is 11.4 Å². The molecule has 2 heterocycles. The van der Waals surface area contributed by atoms with Gasteiger partial charge in [0.2, 0.25) is 15.9 Å². The molecule has 0 unspecified atom stereocenters. The lowest BCUT2D eigenvalue weighted by Gasteiger charge is -2.31. The lowest BCUT2D eigenvalue weighted by Crippen LogP contribution is -2.41. The van der Waals surface area contributed by atoms with E-state index in [9.17, 15) is 18.0 Å². The first kappa shape index (κ1) is 24.8. The van der Waals surface area contributed by atoms with Crippen molar-refractivity contribution in [1.82, 2.24) is 14.3 Å². The van der Waals surface area contributed by atoms with Crippen LogP contribution in [0.2, 0.25) is 0 Å². The first-order chi connectivity index (χ1) is 16.5. The molecule has 1 fully saturated rings. The third kappa shape index (κ3) is 5.36. The molecule has 8 nitrogen and oxygen atoms in total. The maximum atomic E-state index is 13.3. The summed E-state index contributed by atoms with van der Waals surface area (Å²) in [5.41, 5.74) is 4.17. The smallest absolute Gasteiger partial charge is 0.251 e. The number of amides is 1. The van der Waals surface area contributed by atoms with Gasteiger partial charge in [-0.15, -0.1) is 0 Å². The summed E-state index contributed by atoms with van der Waals surface area (Å²) in [5, 5.41) is 2.93. The number of piperidine rings is 1. The van der Waals surface area contributed by atoms with E-state index < -0.39 is 10.0 Å². The molecule has 1 aliphatic heterocycles. The number of carbonyl (C=O) groups excluding carboxylic acids is 1. The number of nitrogens with one attached hydrogen (secondary N) is 2. The predicted octanol–water partition coefficient (Wildman–Crippen LogP) is 3.71. The van der Waals surface area contributed by atoms with Crippen LogP contribution in [0, 0.1) is 33.6 Å². The van der Waals surface area contributed by atoms with Crippen LogP contribution < -0.4 is 10.9 Å². The van der Waals surface area contributed by atoms with Crippen LogP contribution in [-0.4, -0.2) is 41.7 Å². The predicted molar refractivity (Wildman–Crippen MR) is 136 cm³/mol. The SMILES string of the molecule is Cc1cc(C)c(S(=O)(=O)N2CCC(C(=O)Nc3cccc(-c4nc(C)cc(=O)[nH]4)c3)CC2)c(C)c1. The van der Waals surface area contributed by atoms with Crippen LogP contribution in [0.25, 0.3) is 11.4 Å². The van der Waals surface area contributed by atoms with Crippen LogP contribution in [0.4, 0.5) is 5.69 Å². The van der Waals surface area contributed by atoms with Crippen LogP contribution in [0.3, 0.4) is 0 Å². The summed E-state index contributed by atoms with van der Waals surface area (Å²) in [4.78, 5) is 32.2. The summed E-state index contributed by atoms with van der Waals surface area (Å²) in [5.74, 6) is 0.00103. The van der Waals surface area contributed by atoms with Gasteiger partial charge in [-0.1, -0.05) is 29.8 Å². The number of hydrogen-bond donors (Lipinski definition) is 2. The number of hydrogen-bond acceptors (Lipinski definition) is 5. The highest BCUT2D eigenvalue weighted by molar-refractivity contribution is 7.89. The molecule has 1 amide bonds. The highest BCUT2D eigenvalue weighted by atomic mass is 32.2. The van der Waals surface area contributed by atoms with Crippen molar-refractivity contribution in [1.29, 1.82) is 0 Å². The second-order valence-electron chi connectivity index (χ2n) is 9.21. The van der Waals surface area contributed by atoms with Gasteiger partial charge in [0.15, 0.2) is 0 Å². The summed E-state index contributed by atoms with van der Waals surface area (Å²) >= 11 is 0. The number of H-pyrrole nitrogens is 1. The van der Waals surface area contributed by atoms with Gasteiger partial charge in [-0.3, -0.25) is 9.59 Å². The topological polar surface area (TPSA) is 112 Å². The average Bonchev–Trinajstić information content (AvgIpc) is 2.78. The Labute approximate surface area is 205 Å². The minimum absolute atomic E-state index is 0.146. The number of nitrogens with zero attached hydrogens (tertiary/aromatic N) is 2. The van der Waals surface area contributed by atoms with Gasteiger partial charge >= 0.3 is 0 Å². The Hall–Kier alpha value is -3.30. The number of aryl methyl sites for hydroxylation is 4. The summed E-state index contributed by atoms with van der Waals surface area (Å²) in [6.07, 6.45) is 0.892. The number of anilines is 1. The van der Waals surface area contributed by atoms with Crippen LogP contribution in [0.5, 0.6) is 0 Å². The van der Waals surface area contributed by atoms with Crippen molar-refractivity contribution < 1.29 is 13.2 Å². The van der Waals surface area contributed by atoms with Gasteiger partial charge in [0, 0.05) is 42.0 Å². The first-order valence-corrected chi connectivity index (χ1v) is 13.1. The van der Waals surface area contributed by atoms with Crippen LogP contribution in [0.15, 0.2) is 52.2 Å². The Bertz CT molecular complexity index is 1410. The molecule has 3 aromatic rings. The van der Waals surface area contributed by atoms with Crippen molar-refractivity contribution in [3.05, 3.63) is 75.2 Å². The van der Waals surface area contributed by atoms with Crippen molar-refractivity contribution in [3.63, 3.8) is 0 Å². The van der Waals surface area contributed by atoms with Gasteiger partial charge < -0.3 is 10.3 Å². The van der Waals surface area contributed by atoms with E-state index in [4.69, 9.17) is 0 Å². The Kier molecular flexibility index (Phi) is 6.91. The highest BCUT2D eigenvalue weighted by Gasteiger charge is 2.33. The fourth-order valence-corrected chi connectivity index (χ4v) is 6.65. The van der Waals surface area contributed by atoms with Crippen molar-refractivity contribution in [2.75, 3.05) is 18.4 Å². The van der Waals surface area contributed by atoms with E-state index in [-0.39, 0.29) is 17.4 Å². The molecular formula is C26H30N4O4S. The number of aromatic amines is 1. The summed E-state index contributed by atoms with van der Waals surface area (Å²) < 4.78 is 28.1. The van der Waals surface area contributed by atoms with Gasteiger partial charge in [0.25, 0.3) is 5.56 Å². The van der Waals surface area contributed by atoms with Crippen LogP contribution in [-0.2, 0) is 14.8 Å². The number of benzene rings is 2. The Morgan fingerprint density at radius 3 is 2.31 bits per heavy atom. The normalized spacial score (nSPS) is 15.2. The van der Waals surface area contributed by atoms with E-state index in [0.29, 0.717) is 53.6 Å². The van der Waals surface area contributed by atoms with Gasteiger partial charge in [-0.05, 0) is 63.8 Å². The molecule has 1 aliphatic rings. The number of aromatic nitrogens is 2. The summed E-state index contributed by atoms with van der Waals surface area (Å²) in [6, 6.07) is 12.3. The zero-order chi connectivity index (χ0) is 25.3. The Morgan fingerprint density at radius 2 is 1.69 bits per heavy atom. The molecular weight excluding hydrogens is 464 g/mol. The monoisotopic (exact) mass is 494 g/mol. The Balaban J connectivity index is 1.43. The maximum Gasteiger partial charge on any atom is 0.251 e. The fraction of sp³-hybridized carbons (Fsp3) is 0.346. The van der Waals surface area contributed by atoms with E-state index >= 15 is 0 Å². The zero-order valence-corrected chi connectivity index (χ0v) is 21.2. The van der Waals surface area contributed by atoms with Gasteiger partial charge in [0.1, 0.15) is 5.82 Å². The molecule has 0 atom stereocenters. The van der Waals surface area contributed by atoms with Gasteiger partial charge in [-0.2, -0.15) is 4.31 Å². The lowest BCUT2D eigenvalue weighted by atomic mass is 9.97. The molecule has 9 heteroatoms. The van der Waals surface area contributed by atoms with E-state index in [0.717, 1.165) is 16.7 Å². The molecule has 0 bridgehead atoms. The second kappa shape index (κ2) is 9.75. The Morgan fingerprint density at radius 1 is 1.03 bits per heavy atom. The highest BCUT2D eigenvalue weighted by Crippen LogP contribution is 2.29. The number of sulfonamides is 1. The molecule has 35 heavy (non-hydrogen) atoms. The van der Waals surface area contributed by atoms with E-state index in [1.54, 1.807) is 25.1 Å². The number of carbonyl (C=O) groups is 1. The third-order valence-corrected chi connectivity index (χ3v) is 8.51. The van der Waals surface area contributed by atoms with Crippen LogP contribution >= 0.6 is 0 Å². The number of rotatable bonds is 5. The molecule has 0 spiro atoms. The average molecular weight is 495 g/mol. The summed E-state index contributed by atoms with van der Waals surface area (Å²) in [7, 11) is -3.63. The maximum absolute atomic E-state index is 13.3.